The molecule has 2 aromatic carbocycles. The van der Waals surface area contributed by atoms with Crippen LogP contribution in [0, 0.1) is 5.82 Å². The number of H-pyrrole nitrogens is 1. The first-order valence-corrected chi connectivity index (χ1v) is 8.96. The molecule has 0 bridgehead atoms. The molecule has 0 aliphatic carbocycles. The van der Waals surface area contributed by atoms with Crippen molar-refractivity contribution in [3.05, 3.63) is 71.8 Å². The minimum Gasteiger partial charge on any atom is -0.357 e. The van der Waals surface area contributed by atoms with Gasteiger partial charge in [-0.1, -0.05) is 36.4 Å². The van der Waals surface area contributed by atoms with Gasteiger partial charge in [-0.05, 0) is 36.6 Å². The Morgan fingerprint density at radius 1 is 1.14 bits per heavy atom. The Kier molecular flexibility index (Phi) is 8.86. The van der Waals surface area contributed by atoms with Gasteiger partial charge in [0.1, 0.15) is 12.1 Å². The molecular weight excluding hydrogens is 470 g/mol. The Morgan fingerprint density at radius 2 is 2.00 bits per heavy atom. The molecule has 28 heavy (non-hydrogen) atoms. The lowest BCUT2D eigenvalue weighted by Crippen LogP contribution is -2.38. The van der Waals surface area contributed by atoms with Crippen molar-refractivity contribution in [1.82, 2.24) is 25.8 Å². The van der Waals surface area contributed by atoms with Gasteiger partial charge in [0.2, 0.25) is 0 Å². The summed E-state index contributed by atoms with van der Waals surface area (Å²) in [5, 5.41) is 13.2. The van der Waals surface area contributed by atoms with E-state index in [2.05, 4.69) is 30.8 Å². The predicted molar refractivity (Wildman–Crippen MR) is 120 cm³/mol. The van der Waals surface area contributed by atoms with Crippen LogP contribution in [0.2, 0.25) is 0 Å². The zero-order valence-corrected chi connectivity index (χ0v) is 18.0. The summed E-state index contributed by atoms with van der Waals surface area (Å²) < 4.78 is 13.7. The van der Waals surface area contributed by atoms with Gasteiger partial charge in [0, 0.05) is 18.7 Å². The van der Waals surface area contributed by atoms with Crippen molar-refractivity contribution in [3.63, 3.8) is 0 Å². The second-order valence-corrected chi connectivity index (χ2v) is 6.00. The summed E-state index contributed by atoms with van der Waals surface area (Å²) in [6.07, 6.45) is 2.08. The van der Waals surface area contributed by atoms with Crippen molar-refractivity contribution in [1.29, 1.82) is 0 Å². The van der Waals surface area contributed by atoms with Crippen LogP contribution in [-0.2, 0) is 13.0 Å². The lowest BCUT2D eigenvalue weighted by Gasteiger charge is -2.12. The molecule has 6 nitrogen and oxygen atoms in total. The highest BCUT2D eigenvalue weighted by Gasteiger charge is 2.04. The van der Waals surface area contributed by atoms with E-state index in [4.69, 9.17) is 0 Å². The molecule has 0 spiro atoms. The Bertz CT molecular complexity index is 882. The molecule has 0 fully saturated rings. The van der Waals surface area contributed by atoms with Gasteiger partial charge in [-0.25, -0.2) is 14.4 Å². The smallest absolute Gasteiger partial charge is 0.191 e. The number of rotatable bonds is 7. The lowest BCUT2D eigenvalue weighted by atomic mass is 10.1. The molecule has 0 radical (unpaired) electrons. The van der Waals surface area contributed by atoms with E-state index in [1.165, 1.54) is 12.4 Å². The highest BCUT2D eigenvalue weighted by Crippen LogP contribution is 2.15. The first kappa shape index (κ1) is 21.8. The Balaban J connectivity index is 0.00000280. The van der Waals surface area contributed by atoms with Crippen LogP contribution in [0.5, 0.6) is 0 Å². The molecule has 3 N–H and O–H groups in total. The van der Waals surface area contributed by atoms with Crippen LogP contribution in [-0.4, -0.2) is 34.2 Å². The number of aliphatic imine (C=N–C) groups is 1. The van der Waals surface area contributed by atoms with E-state index < -0.39 is 0 Å². The molecule has 1 heterocycles. The van der Waals surface area contributed by atoms with E-state index in [0.717, 1.165) is 23.5 Å². The third-order valence-corrected chi connectivity index (χ3v) is 4.02. The summed E-state index contributed by atoms with van der Waals surface area (Å²) in [5.74, 6) is 1.26. The number of guanidine groups is 1. The summed E-state index contributed by atoms with van der Waals surface area (Å²) in [7, 11) is 0. The van der Waals surface area contributed by atoms with Crippen molar-refractivity contribution in [2.45, 2.75) is 19.9 Å². The molecule has 0 unspecified atom stereocenters. The fourth-order valence-electron chi connectivity index (χ4n) is 2.69. The average Bonchev–Trinajstić information content (AvgIpc) is 3.23. The zero-order chi connectivity index (χ0) is 18.9. The molecule has 0 aliphatic heterocycles. The lowest BCUT2D eigenvalue weighted by molar-refractivity contribution is 0.606. The maximum Gasteiger partial charge on any atom is 0.191 e. The maximum atomic E-state index is 13.7. The second kappa shape index (κ2) is 11.4. The van der Waals surface area contributed by atoms with Gasteiger partial charge in [-0.2, -0.15) is 5.10 Å². The van der Waals surface area contributed by atoms with Crippen LogP contribution >= 0.6 is 24.0 Å². The summed E-state index contributed by atoms with van der Waals surface area (Å²) in [5.41, 5.74) is 2.73. The molecule has 3 aromatic rings. The number of aromatic amines is 1. The molecule has 0 aliphatic rings. The van der Waals surface area contributed by atoms with Crippen molar-refractivity contribution in [2.75, 3.05) is 13.1 Å². The minimum absolute atomic E-state index is 0. The average molecular weight is 494 g/mol. The zero-order valence-electron chi connectivity index (χ0n) is 15.7. The maximum absolute atomic E-state index is 13.7. The van der Waals surface area contributed by atoms with E-state index in [-0.39, 0.29) is 29.8 Å². The highest BCUT2D eigenvalue weighted by atomic mass is 127. The fraction of sp³-hybridized carbons (Fsp3) is 0.250. The summed E-state index contributed by atoms with van der Waals surface area (Å²) in [6.45, 7) is 3.89. The van der Waals surface area contributed by atoms with Gasteiger partial charge >= 0.3 is 0 Å². The Labute approximate surface area is 181 Å². The van der Waals surface area contributed by atoms with Gasteiger partial charge in [0.05, 0.1) is 6.54 Å². The molecule has 0 saturated heterocycles. The van der Waals surface area contributed by atoms with Crippen molar-refractivity contribution in [2.24, 2.45) is 4.99 Å². The van der Waals surface area contributed by atoms with Crippen LogP contribution in [0.1, 0.15) is 18.1 Å². The summed E-state index contributed by atoms with van der Waals surface area (Å²) in [4.78, 5) is 8.79. The molecule has 148 valence electrons. The molecule has 1 aromatic heterocycles. The summed E-state index contributed by atoms with van der Waals surface area (Å²) >= 11 is 0. The second-order valence-electron chi connectivity index (χ2n) is 6.00. The van der Waals surface area contributed by atoms with Gasteiger partial charge < -0.3 is 10.6 Å². The van der Waals surface area contributed by atoms with E-state index in [0.29, 0.717) is 31.0 Å². The predicted octanol–water partition coefficient (Wildman–Crippen LogP) is 3.53. The van der Waals surface area contributed by atoms with Gasteiger partial charge in [0.15, 0.2) is 11.8 Å². The number of hydrogen-bond acceptors (Lipinski definition) is 3. The largest absolute Gasteiger partial charge is 0.357 e. The first-order chi connectivity index (χ1) is 13.3. The topological polar surface area (TPSA) is 78.0 Å². The molecule has 0 amide bonds. The number of hydrogen-bond donors (Lipinski definition) is 3. The van der Waals surface area contributed by atoms with Crippen LogP contribution in [0.3, 0.4) is 0 Å². The molecule has 3 rings (SSSR count). The molecule has 8 heteroatoms. The van der Waals surface area contributed by atoms with Gasteiger partial charge in [-0.15, -0.1) is 24.0 Å². The monoisotopic (exact) mass is 494 g/mol. The van der Waals surface area contributed by atoms with Gasteiger partial charge in [-0.3, -0.25) is 5.10 Å². The number of nitrogens with one attached hydrogen (secondary N) is 3. The minimum atomic E-state index is -0.175. The van der Waals surface area contributed by atoms with E-state index in [9.17, 15) is 4.39 Å². The SMILES string of the molecule is CCNC(=NCc1cccc(-c2ncn[nH]2)c1)NCCc1ccccc1F.I. The first-order valence-electron chi connectivity index (χ1n) is 8.96. The third-order valence-electron chi connectivity index (χ3n) is 4.02. The van der Waals surface area contributed by atoms with E-state index in [1.807, 2.05) is 37.3 Å². The van der Waals surface area contributed by atoms with Crippen molar-refractivity contribution >= 4 is 29.9 Å². The van der Waals surface area contributed by atoms with Crippen molar-refractivity contribution in [3.8, 4) is 11.4 Å². The summed E-state index contributed by atoms with van der Waals surface area (Å²) in [6, 6.07) is 14.8. The number of nitrogens with zero attached hydrogens (tertiary/aromatic N) is 3. The number of benzene rings is 2. The van der Waals surface area contributed by atoms with Crippen LogP contribution in [0.25, 0.3) is 11.4 Å². The van der Waals surface area contributed by atoms with E-state index in [1.54, 1.807) is 12.1 Å². The molecule has 0 atom stereocenters. The van der Waals surface area contributed by atoms with Crippen LogP contribution < -0.4 is 10.6 Å². The number of aromatic nitrogens is 3. The fourth-order valence-corrected chi connectivity index (χ4v) is 2.69. The normalized spacial score (nSPS) is 11.0. The Hall–Kier alpha value is -2.49. The van der Waals surface area contributed by atoms with Gasteiger partial charge in [0.25, 0.3) is 0 Å². The quantitative estimate of drug-likeness (QED) is 0.267. The highest BCUT2D eigenvalue weighted by molar-refractivity contribution is 14.0. The third kappa shape index (κ3) is 6.29. The van der Waals surface area contributed by atoms with Crippen molar-refractivity contribution < 1.29 is 4.39 Å². The standard InChI is InChI=1S/C20H23FN6.HI/c1-2-22-20(23-11-10-16-7-3-4-9-18(16)21)24-13-15-6-5-8-17(12-15)19-25-14-26-27-19;/h3-9,12,14H,2,10-11,13H2,1H3,(H2,22,23,24)(H,25,26,27);1H. The van der Waals surface area contributed by atoms with Crippen LogP contribution in [0.15, 0.2) is 59.9 Å². The molecular formula is C20H24FIN6. The molecule has 0 saturated carbocycles. The Morgan fingerprint density at radius 3 is 2.75 bits per heavy atom. The van der Waals surface area contributed by atoms with Crippen LogP contribution in [0.4, 0.5) is 4.39 Å². The van der Waals surface area contributed by atoms with E-state index >= 15 is 0 Å². The number of halogens is 2.